The van der Waals surface area contributed by atoms with Crippen molar-refractivity contribution >= 4 is 40.2 Å². The van der Waals surface area contributed by atoms with Crippen LogP contribution < -0.4 is 5.73 Å². The molecule has 0 fully saturated rings. The van der Waals surface area contributed by atoms with E-state index in [-0.39, 0.29) is 0 Å². The maximum absolute atomic E-state index is 5.80. The second-order valence-electron chi connectivity index (χ2n) is 2.65. The Bertz CT molecular complexity index is 262. The van der Waals surface area contributed by atoms with Gasteiger partial charge in [0.05, 0.1) is 9.77 Å². The molecule has 5 heteroatoms. The van der Waals surface area contributed by atoms with Crippen LogP contribution in [0.15, 0.2) is 6.20 Å². The third-order valence-corrected chi connectivity index (χ3v) is 3.51. The highest BCUT2D eigenvalue weighted by Gasteiger charge is 2.02. The van der Waals surface area contributed by atoms with E-state index in [1.165, 1.54) is 11.5 Å². The predicted octanol–water partition coefficient (Wildman–Crippen LogP) is 2.21. The van der Waals surface area contributed by atoms with E-state index < -0.39 is 0 Å². The summed E-state index contributed by atoms with van der Waals surface area (Å²) in [5.41, 5.74) is 5.80. The van der Waals surface area contributed by atoms with Crippen LogP contribution in [-0.4, -0.2) is 21.3 Å². The van der Waals surface area contributed by atoms with Gasteiger partial charge in [-0.15, -0.1) is 0 Å². The zero-order valence-corrected chi connectivity index (χ0v) is 10.6. The number of nitrogen functional groups attached to an aromatic ring is 1. The van der Waals surface area contributed by atoms with Crippen LogP contribution in [0.5, 0.6) is 0 Å². The highest BCUT2D eigenvalue weighted by molar-refractivity contribution is 14.1. The molecule has 2 N–H and O–H groups in total. The van der Waals surface area contributed by atoms with E-state index in [9.17, 15) is 0 Å². The molecule has 0 bridgehead atoms. The molecule has 74 valence electrons. The average molecular weight is 311 g/mol. The maximum atomic E-state index is 5.80. The van der Waals surface area contributed by atoms with E-state index >= 15 is 0 Å². The number of thioether (sulfide) groups is 1. The lowest BCUT2D eigenvalue weighted by Gasteiger charge is -2.03. The van der Waals surface area contributed by atoms with Crippen LogP contribution in [-0.2, 0) is 6.54 Å². The lowest BCUT2D eigenvalue weighted by Crippen LogP contribution is -2.05. The van der Waals surface area contributed by atoms with Crippen molar-refractivity contribution < 1.29 is 0 Å². The van der Waals surface area contributed by atoms with E-state index in [2.05, 4.69) is 34.6 Å². The van der Waals surface area contributed by atoms with Gasteiger partial charge in [0.1, 0.15) is 5.82 Å². The summed E-state index contributed by atoms with van der Waals surface area (Å²) in [5.74, 6) is 3.17. The second-order valence-corrected chi connectivity index (χ2v) is 5.21. The normalized spacial score (nSPS) is 10.6. The molecule has 0 amide bonds. The van der Waals surface area contributed by atoms with Crippen LogP contribution in [0.1, 0.15) is 13.3 Å². The first-order valence-corrected chi connectivity index (χ1v) is 6.53. The van der Waals surface area contributed by atoms with E-state index in [0.29, 0.717) is 0 Å². The highest BCUT2D eigenvalue weighted by atomic mass is 127. The molecule has 0 saturated carbocycles. The SMILES string of the molecule is CCSCCCn1ncc(I)c1N. The summed E-state index contributed by atoms with van der Waals surface area (Å²) in [7, 11) is 0. The van der Waals surface area contributed by atoms with Crippen LogP contribution >= 0.6 is 34.4 Å². The molecule has 0 unspecified atom stereocenters. The van der Waals surface area contributed by atoms with E-state index in [0.717, 1.165) is 22.4 Å². The Hall–Kier alpha value is 0.0900. The molecule has 0 atom stereocenters. The van der Waals surface area contributed by atoms with Crippen LogP contribution in [0.3, 0.4) is 0 Å². The summed E-state index contributed by atoms with van der Waals surface area (Å²) < 4.78 is 2.92. The number of halogens is 1. The maximum Gasteiger partial charge on any atom is 0.135 e. The van der Waals surface area contributed by atoms with Crippen LogP contribution in [0.2, 0.25) is 0 Å². The fourth-order valence-corrected chi connectivity index (χ4v) is 2.04. The lowest BCUT2D eigenvalue weighted by atomic mass is 10.5. The summed E-state index contributed by atoms with van der Waals surface area (Å²) >= 11 is 4.16. The van der Waals surface area contributed by atoms with Gasteiger partial charge in [0.15, 0.2) is 0 Å². The van der Waals surface area contributed by atoms with Gasteiger partial charge < -0.3 is 5.73 Å². The molecule has 0 aliphatic heterocycles. The Morgan fingerprint density at radius 3 is 3.00 bits per heavy atom. The Balaban J connectivity index is 2.32. The fourth-order valence-electron chi connectivity index (χ4n) is 1.01. The second kappa shape index (κ2) is 5.74. The van der Waals surface area contributed by atoms with E-state index in [1.807, 2.05) is 22.6 Å². The van der Waals surface area contributed by atoms with Crippen molar-refractivity contribution in [3.63, 3.8) is 0 Å². The molecule has 1 aromatic heterocycles. The first kappa shape index (κ1) is 11.2. The molecule has 0 radical (unpaired) electrons. The van der Waals surface area contributed by atoms with Crippen molar-refractivity contribution in [1.29, 1.82) is 0 Å². The van der Waals surface area contributed by atoms with Crippen LogP contribution in [0, 0.1) is 3.57 Å². The van der Waals surface area contributed by atoms with Gasteiger partial charge in [-0.2, -0.15) is 16.9 Å². The Kier molecular flexibility index (Phi) is 4.93. The molecular formula is C8H14IN3S. The summed E-state index contributed by atoms with van der Waals surface area (Å²) in [6.45, 7) is 3.11. The molecule has 0 aromatic carbocycles. The van der Waals surface area contributed by atoms with Gasteiger partial charge in [0, 0.05) is 6.54 Å². The van der Waals surface area contributed by atoms with Gasteiger partial charge in [0.25, 0.3) is 0 Å². The largest absolute Gasteiger partial charge is 0.383 e. The molecule has 0 aliphatic carbocycles. The van der Waals surface area contributed by atoms with Crippen molar-refractivity contribution in [2.75, 3.05) is 17.2 Å². The Morgan fingerprint density at radius 2 is 2.46 bits per heavy atom. The summed E-state index contributed by atoms with van der Waals surface area (Å²) in [6.07, 6.45) is 2.95. The van der Waals surface area contributed by atoms with Crippen LogP contribution in [0.4, 0.5) is 5.82 Å². The van der Waals surface area contributed by atoms with Gasteiger partial charge in [0.2, 0.25) is 0 Å². The number of aromatic nitrogens is 2. The summed E-state index contributed by atoms with van der Waals surface area (Å²) in [4.78, 5) is 0. The van der Waals surface area contributed by atoms with Gasteiger partial charge in [-0.1, -0.05) is 6.92 Å². The van der Waals surface area contributed by atoms with Gasteiger partial charge in [-0.3, -0.25) is 0 Å². The van der Waals surface area contributed by atoms with Gasteiger partial charge in [-0.05, 0) is 40.5 Å². The lowest BCUT2D eigenvalue weighted by molar-refractivity contribution is 0.614. The molecule has 1 rings (SSSR count). The summed E-state index contributed by atoms with van der Waals surface area (Å²) in [5, 5.41) is 4.19. The molecule has 1 heterocycles. The number of nitrogens with zero attached hydrogens (tertiary/aromatic N) is 2. The minimum Gasteiger partial charge on any atom is -0.383 e. The molecule has 0 spiro atoms. The molecule has 1 aromatic rings. The third-order valence-electron chi connectivity index (χ3n) is 1.70. The third kappa shape index (κ3) is 3.38. The standard InChI is InChI=1S/C8H14IN3S/c1-2-13-5-3-4-12-8(10)7(9)6-11-12/h6H,2-5,10H2,1H3. The Labute approximate surface area is 96.6 Å². The number of hydrogen-bond acceptors (Lipinski definition) is 3. The number of hydrogen-bond donors (Lipinski definition) is 1. The van der Waals surface area contributed by atoms with E-state index in [4.69, 9.17) is 5.73 Å². The van der Waals surface area contributed by atoms with Crippen LogP contribution in [0.25, 0.3) is 0 Å². The molecule has 13 heavy (non-hydrogen) atoms. The van der Waals surface area contributed by atoms with Crippen molar-refractivity contribution in [3.05, 3.63) is 9.77 Å². The molecular weight excluding hydrogens is 297 g/mol. The number of aryl methyl sites for hydroxylation is 1. The minimum atomic E-state index is 0.794. The van der Waals surface area contributed by atoms with Crippen molar-refractivity contribution in [2.45, 2.75) is 19.9 Å². The highest BCUT2D eigenvalue weighted by Crippen LogP contribution is 2.14. The Morgan fingerprint density at radius 1 is 1.69 bits per heavy atom. The smallest absolute Gasteiger partial charge is 0.135 e. The molecule has 0 saturated heterocycles. The first-order chi connectivity index (χ1) is 6.25. The average Bonchev–Trinajstić information content (AvgIpc) is 2.43. The van der Waals surface area contributed by atoms with Crippen molar-refractivity contribution in [2.24, 2.45) is 0 Å². The number of rotatable bonds is 5. The van der Waals surface area contributed by atoms with E-state index in [1.54, 1.807) is 0 Å². The van der Waals surface area contributed by atoms with Gasteiger partial charge >= 0.3 is 0 Å². The first-order valence-electron chi connectivity index (χ1n) is 4.30. The zero-order chi connectivity index (χ0) is 9.68. The number of anilines is 1. The molecule has 3 nitrogen and oxygen atoms in total. The van der Waals surface area contributed by atoms with Crippen molar-refractivity contribution in [3.8, 4) is 0 Å². The van der Waals surface area contributed by atoms with Crippen molar-refractivity contribution in [1.82, 2.24) is 9.78 Å². The van der Waals surface area contributed by atoms with Gasteiger partial charge in [-0.25, -0.2) is 4.68 Å². The number of nitrogens with two attached hydrogens (primary N) is 1. The predicted molar refractivity (Wildman–Crippen MR) is 67.0 cm³/mol. The fraction of sp³-hybridized carbons (Fsp3) is 0.625. The topological polar surface area (TPSA) is 43.8 Å². The zero-order valence-electron chi connectivity index (χ0n) is 7.66. The minimum absolute atomic E-state index is 0.794. The summed E-state index contributed by atoms with van der Waals surface area (Å²) in [6, 6.07) is 0. The quantitative estimate of drug-likeness (QED) is 0.670. The molecule has 0 aliphatic rings. The monoisotopic (exact) mass is 311 g/mol.